The fourth-order valence-corrected chi connectivity index (χ4v) is 3.31. The molecule has 3 rings (SSSR count). The Hall–Kier alpha value is -2.93. The molecule has 0 saturated heterocycles. The van der Waals surface area contributed by atoms with E-state index in [0.29, 0.717) is 29.7 Å². The molecule has 0 unspecified atom stereocenters. The van der Waals surface area contributed by atoms with Crippen LogP contribution in [0.25, 0.3) is 0 Å². The summed E-state index contributed by atoms with van der Waals surface area (Å²) in [5.41, 5.74) is 0.967. The van der Waals surface area contributed by atoms with Gasteiger partial charge in [0.15, 0.2) is 11.5 Å². The van der Waals surface area contributed by atoms with E-state index in [0.717, 1.165) is 15.5 Å². The molecule has 0 saturated carbocycles. The largest absolute Gasteiger partial charge is 0.493 e. The predicted octanol–water partition coefficient (Wildman–Crippen LogP) is 4.27. The molecule has 0 fully saturated rings. The van der Waals surface area contributed by atoms with Gasteiger partial charge in [-0.3, -0.25) is 0 Å². The van der Waals surface area contributed by atoms with Gasteiger partial charge in [0.05, 0.1) is 21.3 Å². The van der Waals surface area contributed by atoms with Gasteiger partial charge in [0.1, 0.15) is 5.03 Å². The number of hydrogen-bond acceptors (Lipinski definition) is 7. The Kier molecular flexibility index (Phi) is 6.38. The number of aromatic nitrogens is 2. The summed E-state index contributed by atoms with van der Waals surface area (Å²) in [4.78, 5) is 9.98. The zero-order valence-corrected chi connectivity index (χ0v) is 16.2. The van der Waals surface area contributed by atoms with Gasteiger partial charge in [-0.2, -0.15) is 0 Å². The maximum atomic E-state index is 5.39. The van der Waals surface area contributed by atoms with Crippen molar-refractivity contribution in [1.29, 1.82) is 0 Å². The smallest absolute Gasteiger partial charge is 0.223 e. The van der Waals surface area contributed by atoms with Crippen molar-refractivity contribution in [1.82, 2.24) is 9.97 Å². The Morgan fingerprint density at radius 1 is 0.926 bits per heavy atom. The third-order valence-corrected chi connectivity index (χ3v) is 4.72. The lowest BCUT2D eigenvalue weighted by Crippen LogP contribution is -2.05. The Balaban J connectivity index is 1.72. The first kappa shape index (κ1) is 18.8. The van der Waals surface area contributed by atoms with E-state index in [-0.39, 0.29) is 0 Å². The molecule has 3 aromatic rings. The second kappa shape index (κ2) is 9.14. The zero-order valence-electron chi connectivity index (χ0n) is 15.4. The van der Waals surface area contributed by atoms with Gasteiger partial charge < -0.3 is 19.5 Å². The number of ether oxygens (including phenoxy) is 3. The summed E-state index contributed by atoms with van der Waals surface area (Å²) >= 11 is 1.59. The van der Waals surface area contributed by atoms with Crippen LogP contribution in [0.5, 0.6) is 17.2 Å². The number of nitrogens with one attached hydrogen (secondary N) is 1. The molecule has 1 N–H and O–H groups in total. The number of methoxy groups -OCH3 is 3. The minimum absolute atomic E-state index is 0.524. The maximum Gasteiger partial charge on any atom is 0.223 e. The van der Waals surface area contributed by atoms with Crippen LogP contribution in [-0.2, 0) is 6.54 Å². The molecule has 0 aliphatic rings. The standard InChI is InChI=1S/C20H21N3O3S/c1-24-16-11-14(12-17(25-2)19(16)26-3)13-22-20-21-10-9-18(23-20)27-15-7-5-4-6-8-15/h4-12H,13H2,1-3H3,(H,21,22,23). The van der Waals surface area contributed by atoms with E-state index in [2.05, 4.69) is 27.4 Å². The van der Waals surface area contributed by atoms with Crippen molar-refractivity contribution in [2.24, 2.45) is 0 Å². The van der Waals surface area contributed by atoms with E-state index in [1.807, 2.05) is 36.4 Å². The first-order valence-corrected chi connectivity index (χ1v) is 9.14. The fourth-order valence-electron chi connectivity index (χ4n) is 2.51. The van der Waals surface area contributed by atoms with Gasteiger partial charge in [-0.15, -0.1) is 0 Å². The van der Waals surface area contributed by atoms with E-state index < -0.39 is 0 Å². The van der Waals surface area contributed by atoms with E-state index in [9.17, 15) is 0 Å². The van der Waals surface area contributed by atoms with Gasteiger partial charge in [-0.25, -0.2) is 9.97 Å². The third kappa shape index (κ3) is 4.83. The highest BCUT2D eigenvalue weighted by molar-refractivity contribution is 7.99. The number of nitrogens with zero attached hydrogens (tertiary/aromatic N) is 2. The average molecular weight is 383 g/mol. The Morgan fingerprint density at radius 2 is 1.63 bits per heavy atom. The highest BCUT2D eigenvalue weighted by Crippen LogP contribution is 2.38. The van der Waals surface area contributed by atoms with Crippen LogP contribution in [0.4, 0.5) is 5.95 Å². The number of anilines is 1. The molecule has 0 aliphatic carbocycles. The molecule has 0 amide bonds. The molecule has 0 atom stereocenters. The van der Waals surface area contributed by atoms with Gasteiger partial charge in [0.25, 0.3) is 0 Å². The lowest BCUT2D eigenvalue weighted by molar-refractivity contribution is 0.324. The molecular formula is C20H21N3O3S. The van der Waals surface area contributed by atoms with E-state index in [1.165, 1.54) is 0 Å². The molecule has 0 aliphatic heterocycles. The van der Waals surface area contributed by atoms with E-state index >= 15 is 0 Å². The number of rotatable bonds is 8. The molecule has 140 valence electrons. The molecule has 6 nitrogen and oxygen atoms in total. The minimum atomic E-state index is 0.524. The normalized spacial score (nSPS) is 10.3. The first-order valence-electron chi connectivity index (χ1n) is 8.32. The Bertz CT molecular complexity index is 866. The lowest BCUT2D eigenvalue weighted by Gasteiger charge is -2.14. The van der Waals surface area contributed by atoms with Crippen molar-refractivity contribution in [3.63, 3.8) is 0 Å². The van der Waals surface area contributed by atoms with Crippen LogP contribution >= 0.6 is 11.8 Å². The molecule has 0 spiro atoms. The van der Waals surface area contributed by atoms with Crippen LogP contribution in [0.2, 0.25) is 0 Å². The quantitative estimate of drug-likeness (QED) is 0.583. The summed E-state index contributed by atoms with van der Waals surface area (Å²) in [5, 5.41) is 4.12. The van der Waals surface area contributed by atoms with Gasteiger partial charge >= 0.3 is 0 Å². The molecule has 7 heteroatoms. The fraction of sp³-hybridized carbons (Fsp3) is 0.200. The highest BCUT2D eigenvalue weighted by atomic mass is 32.2. The third-order valence-electron chi connectivity index (χ3n) is 3.77. The Labute approximate surface area is 162 Å². The van der Waals surface area contributed by atoms with Gasteiger partial charge in [0, 0.05) is 17.6 Å². The van der Waals surface area contributed by atoms with Crippen molar-refractivity contribution in [3.05, 3.63) is 60.3 Å². The summed E-state index contributed by atoms with van der Waals surface area (Å²) in [5.74, 6) is 2.36. The number of benzene rings is 2. The van der Waals surface area contributed by atoms with Crippen molar-refractivity contribution in [2.45, 2.75) is 16.5 Å². The summed E-state index contributed by atoms with van der Waals surface area (Å²) in [7, 11) is 4.78. The van der Waals surface area contributed by atoms with Crippen LogP contribution in [-0.4, -0.2) is 31.3 Å². The monoisotopic (exact) mass is 383 g/mol. The Morgan fingerprint density at radius 3 is 2.26 bits per heavy atom. The summed E-state index contributed by atoms with van der Waals surface area (Å²) in [6.45, 7) is 0.524. The molecule has 2 aromatic carbocycles. The SMILES string of the molecule is COc1cc(CNc2nccc(Sc3ccccc3)n2)cc(OC)c1OC. The highest BCUT2D eigenvalue weighted by Gasteiger charge is 2.13. The zero-order chi connectivity index (χ0) is 19.1. The van der Waals surface area contributed by atoms with Gasteiger partial charge in [-0.1, -0.05) is 30.0 Å². The van der Waals surface area contributed by atoms with Crippen LogP contribution in [0.1, 0.15) is 5.56 Å². The van der Waals surface area contributed by atoms with Gasteiger partial charge in [0.2, 0.25) is 11.7 Å². The van der Waals surface area contributed by atoms with Crippen molar-refractivity contribution >= 4 is 17.7 Å². The first-order chi connectivity index (χ1) is 13.2. The van der Waals surface area contributed by atoms with Crippen molar-refractivity contribution in [3.8, 4) is 17.2 Å². The maximum absolute atomic E-state index is 5.39. The summed E-state index contributed by atoms with van der Waals surface area (Å²) in [6.07, 6.45) is 1.75. The van der Waals surface area contributed by atoms with Crippen molar-refractivity contribution in [2.75, 3.05) is 26.6 Å². The van der Waals surface area contributed by atoms with Crippen LogP contribution < -0.4 is 19.5 Å². The van der Waals surface area contributed by atoms with E-state index in [4.69, 9.17) is 14.2 Å². The second-order valence-electron chi connectivity index (χ2n) is 5.52. The van der Waals surface area contributed by atoms with Crippen LogP contribution in [0.15, 0.2) is 64.6 Å². The molecule has 0 bridgehead atoms. The topological polar surface area (TPSA) is 65.5 Å². The van der Waals surface area contributed by atoms with Crippen molar-refractivity contribution < 1.29 is 14.2 Å². The summed E-state index contributed by atoms with van der Waals surface area (Å²) in [6, 6.07) is 15.8. The van der Waals surface area contributed by atoms with Gasteiger partial charge in [-0.05, 0) is 35.9 Å². The average Bonchev–Trinajstić information content (AvgIpc) is 2.72. The molecule has 27 heavy (non-hydrogen) atoms. The van der Waals surface area contributed by atoms with E-state index in [1.54, 1.807) is 39.3 Å². The molecule has 0 radical (unpaired) electrons. The number of hydrogen-bond donors (Lipinski definition) is 1. The lowest BCUT2D eigenvalue weighted by atomic mass is 10.2. The minimum Gasteiger partial charge on any atom is -0.493 e. The van der Waals surface area contributed by atoms with Crippen LogP contribution in [0.3, 0.4) is 0 Å². The molecule has 1 aromatic heterocycles. The molecular weight excluding hydrogens is 362 g/mol. The predicted molar refractivity (Wildman–Crippen MR) is 106 cm³/mol. The molecule has 1 heterocycles. The summed E-state index contributed by atoms with van der Waals surface area (Å²) < 4.78 is 16.1. The second-order valence-corrected chi connectivity index (χ2v) is 6.61. The van der Waals surface area contributed by atoms with Crippen LogP contribution in [0, 0.1) is 0 Å².